The molecule has 0 fully saturated rings. The highest BCUT2D eigenvalue weighted by molar-refractivity contribution is 7.12. The first-order valence-corrected chi connectivity index (χ1v) is 8.76. The fourth-order valence-corrected chi connectivity index (χ4v) is 3.79. The summed E-state index contributed by atoms with van der Waals surface area (Å²) in [6.07, 6.45) is 2.88. The van der Waals surface area contributed by atoms with Crippen LogP contribution in [0.2, 0.25) is 5.02 Å². The average Bonchev–Trinajstić information content (AvgIpc) is 3.00. The summed E-state index contributed by atoms with van der Waals surface area (Å²) >= 11 is 8.35. The summed E-state index contributed by atoms with van der Waals surface area (Å²) in [5.74, 6) is 0. The molecular weight excluding hydrogens is 302 g/mol. The molecule has 21 heavy (non-hydrogen) atoms. The molecule has 2 rings (SSSR count). The van der Waals surface area contributed by atoms with Crippen molar-refractivity contribution in [3.05, 3.63) is 38.3 Å². The fraction of sp³-hybridized carbons (Fsp3) is 0.562. The van der Waals surface area contributed by atoms with Gasteiger partial charge < -0.3 is 5.32 Å². The summed E-state index contributed by atoms with van der Waals surface area (Å²) in [5, 5.41) is 8.99. The van der Waals surface area contributed by atoms with Crippen molar-refractivity contribution in [2.45, 2.75) is 46.1 Å². The highest BCUT2D eigenvalue weighted by Crippen LogP contribution is 2.29. The standard InChI is InChI=1S/C16H24ClN3S/c1-5-9-18-13(15-8-7-11(3)21-15)10-14-16(17)12(6-2)19-20(14)4/h7-8,13,18H,5-6,9-10H2,1-4H3. The van der Waals surface area contributed by atoms with Gasteiger partial charge in [0.1, 0.15) is 0 Å². The molecule has 1 unspecified atom stereocenters. The molecule has 2 aromatic heterocycles. The molecule has 116 valence electrons. The molecule has 0 aliphatic rings. The Kier molecular flexibility index (Phi) is 5.85. The van der Waals surface area contributed by atoms with Crippen LogP contribution in [-0.4, -0.2) is 16.3 Å². The lowest BCUT2D eigenvalue weighted by Gasteiger charge is -2.17. The van der Waals surface area contributed by atoms with Gasteiger partial charge in [-0.2, -0.15) is 5.10 Å². The zero-order valence-corrected chi connectivity index (χ0v) is 14.8. The van der Waals surface area contributed by atoms with E-state index < -0.39 is 0 Å². The first kappa shape index (κ1) is 16.5. The summed E-state index contributed by atoms with van der Waals surface area (Å²) in [4.78, 5) is 2.72. The maximum absolute atomic E-state index is 6.49. The van der Waals surface area contributed by atoms with Crippen molar-refractivity contribution < 1.29 is 0 Å². The Labute approximate surface area is 136 Å². The van der Waals surface area contributed by atoms with Gasteiger partial charge in [-0.15, -0.1) is 11.3 Å². The number of halogens is 1. The van der Waals surface area contributed by atoms with Gasteiger partial charge in [0.05, 0.1) is 16.4 Å². The van der Waals surface area contributed by atoms with Crippen LogP contribution in [0.1, 0.15) is 47.5 Å². The summed E-state index contributed by atoms with van der Waals surface area (Å²) in [6, 6.07) is 4.71. The zero-order chi connectivity index (χ0) is 15.4. The van der Waals surface area contributed by atoms with Crippen molar-refractivity contribution in [3.63, 3.8) is 0 Å². The Hall–Kier alpha value is -0.840. The first-order chi connectivity index (χ1) is 10.1. The third-order valence-electron chi connectivity index (χ3n) is 3.65. The minimum Gasteiger partial charge on any atom is -0.309 e. The van der Waals surface area contributed by atoms with Gasteiger partial charge >= 0.3 is 0 Å². The summed E-state index contributed by atoms with van der Waals surface area (Å²) in [7, 11) is 1.98. The monoisotopic (exact) mass is 325 g/mol. The number of aryl methyl sites for hydroxylation is 3. The van der Waals surface area contributed by atoms with E-state index in [-0.39, 0.29) is 0 Å². The van der Waals surface area contributed by atoms with Crippen molar-refractivity contribution >= 4 is 22.9 Å². The second-order valence-corrected chi connectivity index (χ2v) is 7.04. The van der Waals surface area contributed by atoms with E-state index in [9.17, 15) is 0 Å². The third-order valence-corrected chi connectivity index (χ3v) is 5.20. The Balaban J connectivity index is 2.24. The van der Waals surface area contributed by atoms with Gasteiger partial charge in [0.15, 0.2) is 0 Å². The van der Waals surface area contributed by atoms with Crippen LogP contribution in [0.5, 0.6) is 0 Å². The lowest BCUT2D eigenvalue weighted by Crippen LogP contribution is -2.24. The molecule has 2 heterocycles. The van der Waals surface area contributed by atoms with E-state index in [1.807, 2.05) is 23.1 Å². The number of nitrogens with one attached hydrogen (secondary N) is 1. The number of aromatic nitrogens is 2. The van der Waals surface area contributed by atoms with Gasteiger partial charge in [-0.25, -0.2) is 0 Å². The SMILES string of the molecule is CCCNC(Cc1c(Cl)c(CC)nn1C)c1ccc(C)s1. The van der Waals surface area contributed by atoms with E-state index in [1.54, 1.807) is 0 Å². The molecule has 0 aliphatic carbocycles. The van der Waals surface area contributed by atoms with E-state index in [2.05, 4.69) is 43.3 Å². The highest BCUT2D eigenvalue weighted by Gasteiger charge is 2.20. The maximum atomic E-state index is 6.49. The molecule has 0 amide bonds. The molecule has 3 nitrogen and oxygen atoms in total. The van der Waals surface area contributed by atoms with Gasteiger partial charge in [0, 0.05) is 29.3 Å². The van der Waals surface area contributed by atoms with Crippen LogP contribution in [0.25, 0.3) is 0 Å². The average molecular weight is 326 g/mol. The number of thiophene rings is 1. The van der Waals surface area contributed by atoms with E-state index in [0.717, 1.165) is 42.2 Å². The summed E-state index contributed by atoms with van der Waals surface area (Å²) < 4.78 is 1.93. The van der Waals surface area contributed by atoms with Crippen LogP contribution < -0.4 is 5.32 Å². The van der Waals surface area contributed by atoms with Crippen LogP contribution >= 0.6 is 22.9 Å². The van der Waals surface area contributed by atoms with E-state index in [1.165, 1.54) is 9.75 Å². The predicted octanol–water partition coefficient (Wildman–Crippen LogP) is 4.29. The smallest absolute Gasteiger partial charge is 0.0850 e. The van der Waals surface area contributed by atoms with Crippen molar-refractivity contribution in [2.24, 2.45) is 7.05 Å². The number of rotatable bonds is 7. The quantitative estimate of drug-likeness (QED) is 0.823. The minimum absolute atomic E-state index is 0.307. The predicted molar refractivity (Wildman–Crippen MR) is 91.4 cm³/mol. The Morgan fingerprint density at radius 1 is 1.38 bits per heavy atom. The molecule has 0 bridgehead atoms. The Bertz CT molecular complexity index is 588. The number of nitrogens with zero attached hydrogens (tertiary/aromatic N) is 2. The molecule has 2 aromatic rings. The van der Waals surface area contributed by atoms with Gasteiger partial charge in [-0.05, 0) is 38.4 Å². The molecule has 0 spiro atoms. The lowest BCUT2D eigenvalue weighted by atomic mass is 10.1. The van der Waals surface area contributed by atoms with Gasteiger partial charge in [-0.3, -0.25) is 4.68 Å². The lowest BCUT2D eigenvalue weighted by molar-refractivity contribution is 0.519. The molecule has 0 aromatic carbocycles. The summed E-state index contributed by atoms with van der Waals surface area (Å²) in [6.45, 7) is 7.44. The van der Waals surface area contributed by atoms with Crippen LogP contribution in [0, 0.1) is 6.92 Å². The third kappa shape index (κ3) is 3.87. The fourth-order valence-electron chi connectivity index (χ4n) is 2.47. The molecule has 5 heteroatoms. The van der Waals surface area contributed by atoms with E-state index in [4.69, 9.17) is 11.6 Å². The molecule has 0 saturated carbocycles. The van der Waals surface area contributed by atoms with E-state index in [0.29, 0.717) is 6.04 Å². The van der Waals surface area contributed by atoms with Crippen LogP contribution in [0.15, 0.2) is 12.1 Å². The Morgan fingerprint density at radius 3 is 2.67 bits per heavy atom. The van der Waals surface area contributed by atoms with Gasteiger partial charge in [0.2, 0.25) is 0 Å². The molecule has 1 N–H and O–H groups in total. The topological polar surface area (TPSA) is 29.9 Å². The normalized spacial score (nSPS) is 12.8. The van der Waals surface area contributed by atoms with Gasteiger partial charge in [-0.1, -0.05) is 25.4 Å². The zero-order valence-electron chi connectivity index (χ0n) is 13.2. The van der Waals surface area contributed by atoms with Crippen LogP contribution in [0.3, 0.4) is 0 Å². The molecule has 0 radical (unpaired) electrons. The first-order valence-electron chi connectivity index (χ1n) is 7.56. The molecule has 1 atom stereocenters. The van der Waals surface area contributed by atoms with Crippen LogP contribution in [0.4, 0.5) is 0 Å². The summed E-state index contributed by atoms with van der Waals surface area (Å²) in [5.41, 5.74) is 2.11. The second-order valence-electron chi connectivity index (χ2n) is 5.34. The largest absolute Gasteiger partial charge is 0.309 e. The molecule has 0 saturated heterocycles. The molecular formula is C16H24ClN3S. The number of hydrogen-bond acceptors (Lipinski definition) is 3. The highest BCUT2D eigenvalue weighted by atomic mass is 35.5. The molecule has 0 aliphatic heterocycles. The van der Waals surface area contributed by atoms with Crippen molar-refractivity contribution in [1.82, 2.24) is 15.1 Å². The minimum atomic E-state index is 0.307. The maximum Gasteiger partial charge on any atom is 0.0850 e. The number of hydrogen-bond donors (Lipinski definition) is 1. The van der Waals surface area contributed by atoms with Crippen molar-refractivity contribution in [1.29, 1.82) is 0 Å². The Morgan fingerprint density at radius 2 is 2.14 bits per heavy atom. The van der Waals surface area contributed by atoms with Crippen molar-refractivity contribution in [2.75, 3.05) is 6.54 Å². The van der Waals surface area contributed by atoms with Crippen LogP contribution in [-0.2, 0) is 19.9 Å². The van der Waals surface area contributed by atoms with Gasteiger partial charge in [0.25, 0.3) is 0 Å². The van der Waals surface area contributed by atoms with E-state index >= 15 is 0 Å². The van der Waals surface area contributed by atoms with Crippen molar-refractivity contribution in [3.8, 4) is 0 Å². The second kappa shape index (κ2) is 7.43.